The molecule has 2 unspecified atom stereocenters. The van der Waals surface area contributed by atoms with Crippen LogP contribution in [0.1, 0.15) is 25.5 Å². The van der Waals surface area contributed by atoms with Gasteiger partial charge in [-0.25, -0.2) is 4.39 Å². The average molecular weight is 254 g/mol. The second-order valence-corrected chi connectivity index (χ2v) is 4.55. The highest BCUT2D eigenvalue weighted by Gasteiger charge is 2.19. The molecule has 0 bridgehead atoms. The smallest absolute Gasteiger partial charge is 0.238 e. The second kappa shape index (κ2) is 5.82. The Morgan fingerprint density at radius 2 is 2.00 bits per heavy atom. The van der Waals surface area contributed by atoms with Crippen molar-refractivity contribution in [1.82, 2.24) is 10.2 Å². The predicted molar refractivity (Wildman–Crippen MR) is 67.8 cm³/mol. The summed E-state index contributed by atoms with van der Waals surface area (Å²) in [5, 5.41) is 12.7. The van der Waals surface area contributed by atoms with Crippen LogP contribution in [-0.2, 0) is 4.79 Å². The van der Waals surface area contributed by atoms with Crippen LogP contribution in [0.25, 0.3) is 0 Å². The maximum atomic E-state index is 13.1. The van der Waals surface area contributed by atoms with Crippen molar-refractivity contribution in [2.45, 2.75) is 25.9 Å². The van der Waals surface area contributed by atoms with Gasteiger partial charge in [-0.05, 0) is 32.0 Å². The van der Waals surface area contributed by atoms with Crippen molar-refractivity contribution in [2.75, 3.05) is 14.1 Å². The van der Waals surface area contributed by atoms with E-state index in [9.17, 15) is 14.3 Å². The van der Waals surface area contributed by atoms with E-state index in [0.29, 0.717) is 5.56 Å². The summed E-state index contributed by atoms with van der Waals surface area (Å²) in [6, 6.07) is 3.04. The van der Waals surface area contributed by atoms with Gasteiger partial charge in [0.1, 0.15) is 11.6 Å². The van der Waals surface area contributed by atoms with Gasteiger partial charge < -0.3 is 10.0 Å². The van der Waals surface area contributed by atoms with E-state index in [1.807, 2.05) is 0 Å². The van der Waals surface area contributed by atoms with Gasteiger partial charge in [0.2, 0.25) is 5.91 Å². The fourth-order valence-corrected chi connectivity index (χ4v) is 1.80. The number of carbonyl (C=O) groups is 1. The van der Waals surface area contributed by atoms with Gasteiger partial charge in [0.15, 0.2) is 0 Å². The van der Waals surface area contributed by atoms with Gasteiger partial charge in [-0.1, -0.05) is 0 Å². The number of benzene rings is 1. The van der Waals surface area contributed by atoms with Crippen molar-refractivity contribution in [3.63, 3.8) is 0 Å². The minimum atomic E-state index is -0.414. The van der Waals surface area contributed by atoms with Crippen molar-refractivity contribution >= 4 is 5.91 Å². The van der Waals surface area contributed by atoms with Crippen molar-refractivity contribution in [3.05, 3.63) is 29.6 Å². The van der Waals surface area contributed by atoms with Gasteiger partial charge in [0.25, 0.3) is 0 Å². The van der Waals surface area contributed by atoms with Crippen LogP contribution < -0.4 is 5.32 Å². The molecule has 1 aromatic carbocycles. The summed E-state index contributed by atoms with van der Waals surface area (Å²) in [4.78, 5) is 13.2. The van der Waals surface area contributed by atoms with E-state index in [1.54, 1.807) is 27.9 Å². The summed E-state index contributed by atoms with van der Waals surface area (Å²) < 4.78 is 13.1. The van der Waals surface area contributed by atoms with Crippen molar-refractivity contribution in [1.29, 1.82) is 0 Å². The first-order valence-corrected chi connectivity index (χ1v) is 5.78. The second-order valence-electron chi connectivity index (χ2n) is 4.55. The standard InChI is InChI=1S/C13H19FN2O2/c1-8(15-9(2)13(18)16(3)4)11-7-10(14)5-6-12(11)17/h5-9,15,17H,1-4H3. The van der Waals surface area contributed by atoms with E-state index >= 15 is 0 Å². The number of hydrogen-bond donors (Lipinski definition) is 2. The quantitative estimate of drug-likeness (QED) is 0.859. The van der Waals surface area contributed by atoms with Gasteiger partial charge in [-0.2, -0.15) is 0 Å². The summed E-state index contributed by atoms with van der Waals surface area (Å²) in [5.74, 6) is -0.471. The monoisotopic (exact) mass is 254 g/mol. The number of likely N-dealkylation sites (N-methyl/N-ethyl adjacent to an activating group) is 1. The SMILES string of the molecule is CC(NC(C)c1cc(F)ccc1O)C(=O)N(C)C. The third-order valence-electron chi connectivity index (χ3n) is 2.77. The van der Waals surface area contributed by atoms with Crippen LogP contribution in [0.2, 0.25) is 0 Å². The average Bonchev–Trinajstić information content (AvgIpc) is 2.30. The lowest BCUT2D eigenvalue weighted by Crippen LogP contribution is -2.42. The lowest BCUT2D eigenvalue weighted by molar-refractivity contribution is -0.130. The summed E-state index contributed by atoms with van der Waals surface area (Å²) in [6.45, 7) is 3.50. The summed E-state index contributed by atoms with van der Waals surface area (Å²) in [5.41, 5.74) is 0.438. The molecule has 1 rings (SSSR count). The van der Waals surface area contributed by atoms with Crippen molar-refractivity contribution < 1.29 is 14.3 Å². The molecule has 0 saturated carbocycles. The number of nitrogens with one attached hydrogen (secondary N) is 1. The molecule has 1 aromatic rings. The molecule has 2 atom stereocenters. The molecular weight excluding hydrogens is 235 g/mol. The van der Waals surface area contributed by atoms with Gasteiger partial charge >= 0.3 is 0 Å². The predicted octanol–water partition coefficient (Wildman–Crippen LogP) is 1.66. The first kappa shape index (κ1) is 14.4. The van der Waals surface area contributed by atoms with Crippen LogP contribution in [0.15, 0.2) is 18.2 Å². The maximum absolute atomic E-state index is 13.1. The fraction of sp³-hybridized carbons (Fsp3) is 0.462. The number of halogens is 1. The molecule has 0 aliphatic rings. The summed E-state index contributed by atoms with van der Waals surface area (Å²) in [7, 11) is 3.34. The molecule has 0 aromatic heterocycles. The highest BCUT2D eigenvalue weighted by atomic mass is 19.1. The van der Waals surface area contributed by atoms with E-state index in [4.69, 9.17) is 0 Å². The molecule has 4 nitrogen and oxygen atoms in total. The first-order chi connectivity index (χ1) is 8.32. The Morgan fingerprint density at radius 3 is 2.56 bits per heavy atom. The molecule has 0 spiro atoms. The van der Waals surface area contributed by atoms with Gasteiger partial charge in [0.05, 0.1) is 6.04 Å². The molecule has 100 valence electrons. The zero-order chi connectivity index (χ0) is 13.9. The zero-order valence-electron chi connectivity index (χ0n) is 11.1. The van der Waals surface area contributed by atoms with Gasteiger partial charge in [-0.3, -0.25) is 10.1 Å². The highest BCUT2D eigenvalue weighted by Crippen LogP contribution is 2.24. The Morgan fingerprint density at radius 1 is 1.39 bits per heavy atom. The van der Waals surface area contributed by atoms with Crippen LogP contribution in [0.3, 0.4) is 0 Å². The zero-order valence-corrected chi connectivity index (χ0v) is 11.1. The van der Waals surface area contributed by atoms with Crippen LogP contribution in [0, 0.1) is 5.82 Å². The van der Waals surface area contributed by atoms with Crippen molar-refractivity contribution in [3.8, 4) is 5.75 Å². The number of amides is 1. The molecular formula is C13H19FN2O2. The number of hydrogen-bond acceptors (Lipinski definition) is 3. The molecule has 2 N–H and O–H groups in total. The van der Waals surface area contributed by atoms with Gasteiger partial charge in [-0.15, -0.1) is 0 Å². The third kappa shape index (κ3) is 3.43. The number of phenolic OH excluding ortho intramolecular Hbond substituents is 1. The maximum Gasteiger partial charge on any atom is 0.238 e. The number of rotatable bonds is 4. The molecule has 0 saturated heterocycles. The molecule has 1 amide bonds. The normalized spacial score (nSPS) is 14.1. The number of nitrogens with zero attached hydrogens (tertiary/aromatic N) is 1. The van der Waals surface area contributed by atoms with Crippen LogP contribution in [0.5, 0.6) is 5.75 Å². The van der Waals surface area contributed by atoms with Crippen molar-refractivity contribution in [2.24, 2.45) is 0 Å². The van der Waals surface area contributed by atoms with E-state index in [2.05, 4.69) is 5.32 Å². The topological polar surface area (TPSA) is 52.6 Å². The summed E-state index contributed by atoms with van der Waals surface area (Å²) >= 11 is 0. The molecule has 0 fully saturated rings. The summed E-state index contributed by atoms with van der Waals surface area (Å²) in [6.07, 6.45) is 0. The Bertz CT molecular complexity index is 435. The Balaban J connectivity index is 2.79. The lowest BCUT2D eigenvalue weighted by Gasteiger charge is -2.23. The molecule has 0 heterocycles. The van der Waals surface area contributed by atoms with E-state index in [1.165, 1.54) is 23.1 Å². The van der Waals surface area contributed by atoms with Gasteiger partial charge in [0, 0.05) is 25.7 Å². The van der Waals surface area contributed by atoms with Crippen LogP contribution in [0.4, 0.5) is 4.39 Å². The third-order valence-corrected chi connectivity index (χ3v) is 2.77. The number of phenols is 1. The lowest BCUT2D eigenvalue weighted by atomic mass is 10.1. The molecule has 0 aliphatic carbocycles. The Labute approximate surface area is 106 Å². The molecule has 0 aliphatic heterocycles. The molecule has 5 heteroatoms. The van der Waals surface area contributed by atoms with E-state index in [-0.39, 0.29) is 17.7 Å². The fourth-order valence-electron chi connectivity index (χ4n) is 1.80. The van der Waals surface area contributed by atoms with E-state index in [0.717, 1.165) is 0 Å². The number of carbonyl (C=O) groups excluding carboxylic acids is 1. The minimum Gasteiger partial charge on any atom is -0.508 e. The molecule has 18 heavy (non-hydrogen) atoms. The largest absolute Gasteiger partial charge is 0.508 e. The van der Waals surface area contributed by atoms with Crippen LogP contribution >= 0.6 is 0 Å². The minimum absolute atomic E-state index is 0.0147. The first-order valence-electron chi connectivity index (χ1n) is 5.78. The van der Waals surface area contributed by atoms with Crippen LogP contribution in [-0.4, -0.2) is 36.1 Å². The van der Waals surface area contributed by atoms with E-state index < -0.39 is 11.9 Å². The highest BCUT2D eigenvalue weighted by molar-refractivity contribution is 5.80. The molecule has 0 radical (unpaired) electrons. The Kier molecular flexibility index (Phi) is 4.67. The number of aromatic hydroxyl groups is 1. The Hall–Kier alpha value is -1.62.